The number of terminal acetylenes is 1. The third kappa shape index (κ3) is 2.36. The van der Waals surface area contributed by atoms with Crippen molar-refractivity contribution in [1.29, 1.82) is 0 Å². The van der Waals surface area contributed by atoms with Crippen molar-refractivity contribution in [3.8, 4) is 12.3 Å². The largest absolute Gasteiger partial charge is 0.361 e. The number of rotatable bonds is 4. The predicted molar refractivity (Wildman–Crippen MR) is 55.8 cm³/mol. The van der Waals surface area contributed by atoms with Gasteiger partial charge in [0.15, 0.2) is 0 Å². The smallest absolute Gasteiger partial charge is 0.138 e. The summed E-state index contributed by atoms with van der Waals surface area (Å²) >= 11 is 0. The first-order valence-corrected chi connectivity index (χ1v) is 4.76. The number of nitrogens with one attached hydrogen (secondary N) is 1. The molecule has 1 aromatic heterocycles. The van der Waals surface area contributed by atoms with Gasteiger partial charge in [0, 0.05) is 24.6 Å². The molecule has 0 saturated heterocycles. The van der Waals surface area contributed by atoms with Crippen LogP contribution in [-0.4, -0.2) is 11.7 Å². The molecular formula is C11H16N2O. The van der Waals surface area contributed by atoms with Gasteiger partial charge in [0.1, 0.15) is 5.76 Å². The molecule has 1 rings (SSSR count). The monoisotopic (exact) mass is 192 g/mol. The Kier molecular flexibility index (Phi) is 3.73. The summed E-state index contributed by atoms with van der Waals surface area (Å²) in [5.74, 6) is 3.47. The van der Waals surface area contributed by atoms with E-state index >= 15 is 0 Å². The van der Waals surface area contributed by atoms with Gasteiger partial charge in [-0.15, -0.1) is 12.3 Å². The Morgan fingerprint density at radius 2 is 2.29 bits per heavy atom. The zero-order valence-electron chi connectivity index (χ0n) is 8.92. The SMILES string of the molecule is C#CCCNC(C)c1c(C)noc1C. The zero-order chi connectivity index (χ0) is 10.6. The summed E-state index contributed by atoms with van der Waals surface area (Å²) in [6.45, 7) is 6.78. The van der Waals surface area contributed by atoms with E-state index < -0.39 is 0 Å². The number of aromatic nitrogens is 1. The molecule has 0 aliphatic heterocycles. The van der Waals surface area contributed by atoms with E-state index in [1.165, 1.54) is 0 Å². The van der Waals surface area contributed by atoms with Crippen LogP contribution >= 0.6 is 0 Å². The summed E-state index contributed by atoms with van der Waals surface area (Å²) < 4.78 is 5.09. The van der Waals surface area contributed by atoms with Crippen LogP contribution in [0.2, 0.25) is 0 Å². The zero-order valence-corrected chi connectivity index (χ0v) is 8.92. The molecule has 0 bridgehead atoms. The van der Waals surface area contributed by atoms with E-state index in [2.05, 4.69) is 23.3 Å². The third-order valence-electron chi connectivity index (χ3n) is 2.24. The average molecular weight is 192 g/mol. The molecule has 1 unspecified atom stereocenters. The van der Waals surface area contributed by atoms with Crippen molar-refractivity contribution in [3.05, 3.63) is 17.0 Å². The Morgan fingerprint density at radius 1 is 1.57 bits per heavy atom. The average Bonchev–Trinajstić information content (AvgIpc) is 2.46. The number of hydrogen-bond donors (Lipinski definition) is 1. The molecule has 1 heterocycles. The summed E-state index contributed by atoms with van der Waals surface area (Å²) in [5, 5.41) is 7.24. The second kappa shape index (κ2) is 4.83. The lowest BCUT2D eigenvalue weighted by Gasteiger charge is -2.12. The molecule has 1 atom stereocenters. The Balaban J connectivity index is 2.61. The quantitative estimate of drug-likeness (QED) is 0.585. The van der Waals surface area contributed by atoms with E-state index in [4.69, 9.17) is 10.9 Å². The summed E-state index contributed by atoms with van der Waals surface area (Å²) in [7, 11) is 0. The highest BCUT2D eigenvalue weighted by Crippen LogP contribution is 2.20. The van der Waals surface area contributed by atoms with E-state index in [1.807, 2.05) is 13.8 Å². The molecule has 0 aliphatic carbocycles. The lowest BCUT2D eigenvalue weighted by Crippen LogP contribution is -2.20. The van der Waals surface area contributed by atoms with E-state index in [0.717, 1.165) is 30.0 Å². The maximum atomic E-state index is 5.17. The normalized spacial score (nSPS) is 12.4. The van der Waals surface area contributed by atoms with Crippen LogP contribution in [-0.2, 0) is 0 Å². The minimum Gasteiger partial charge on any atom is -0.361 e. The van der Waals surface area contributed by atoms with E-state index in [-0.39, 0.29) is 6.04 Å². The van der Waals surface area contributed by atoms with Crippen molar-refractivity contribution in [2.75, 3.05) is 6.54 Å². The van der Waals surface area contributed by atoms with Crippen molar-refractivity contribution in [2.45, 2.75) is 33.2 Å². The Morgan fingerprint density at radius 3 is 2.79 bits per heavy atom. The summed E-state index contributed by atoms with van der Waals surface area (Å²) in [6.07, 6.45) is 5.92. The van der Waals surface area contributed by atoms with Crippen LogP contribution < -0.4 is 5.32 Å². The maximum absolute atomic E-state index is 5.17. The van der Waals surface area contributed by atoms with E-state index in [1.54, 1.807) is 0 Å². The van der Waals surface area contributed by atoms with Crippen LogP contribution in [0.25, 0.3) is 0 Å². The summed E-state index contributed by atoms with van der Waals surface area (Å²) in [5.41, 5.74) is 2.09. The summed E-state index contributed by atoms with van der Waals surface area (Å²) in [6, 6.07) is 0.245. The molecule has 3 nitrogen and oxygen atoms in total. The fraction of sp³-hybridized carbons (Fsp3) is 0.545. The van der Waals surface area contributed by atoms with Gasteiger partial charge in [0.05, 0.1) is 5.69 Å². The Labute approximate surface area is 84.9 Å². The molecule has 3 heteroatoms. The standard InChI is InChI=1S/C11H16N2O/c1-5-6-7-12-8(2)11-9(3)13-14-10(11)4/h1,8,12H,6-7H2,2-4H3. The molecule has 0 saturated carbocycles. The van der Waals surface area contributed by atoms with Crippen LogP contribution in [0.3, 0.4) is 0 Å². The van der Waals surface area contributed by atoms with Gasteiger partial charge in [0.2, 0.25) is 0 Å². The highest BCUT2D eigenvalue weighted by atomic mass is 16.5. The molecule has 1 N–H and O–H groups in total. The number of aryl methyl sites for hydroxylation is 2. The van der Waals surface area contributed by atoms with Gasteiger partial charge in [0.25, 0.3) is 0 Å². The highest BCUT2D eigenvalue weighted by Gasteiger charge is 2.14. The topological polar surface area (TPSA) is 38.1 Å². The lowest BCUT2D eigenvalue weighted by atomic mass is 10.1. The molecule has 1 aromatic rings. The first kappa shape index (κ1) is 10.8. The molecule has 14 heavy (non-hydrogen) atoms. The van der Waals surface area contributed by atoms with Crippen LogP contribution in [0.1, 0.15) is 36.4 Å². The van der Waals surface area contributed by atoms with Gasteiger partial charge in [-0.2, -0.15) is 0 Å². The minimum atomic E-state index is 0.245. The molecular weight excluding hydrogens is 176 g/mol. The first-order chi connectivity index (χ1) is 6.66. The van der Waals surface area contributed by atoms with Gasteiger partial charge in [-0.05, 0) is 20.8 Å². The fourth-order valence-corrected chi connectivity index (χ4v) is 1.57. The van der Waals surface area contributed by atoms with E-state index in [9.17, 15) is 0 Å². The van der Waals surface area contributed by atoms with Crippen molar-refractivity contribution in [1.82, 2.24) is 10.5 Å². The molecule has 0 amide bonds. The lowest BCUT2D eigenvalue weighted by molar-refractivity contribution is 0.390. The second-order valence-corrected chi connectivity index (χ2v) is 3.37. The Hall–Kier alpha value is -1.27. The van der Waals surface area contributed by atoms with Gasteiger partial charge < -0.3 is 9.84 Å². The Bertz CT molecular complexity index is 316. The summed E-state index contributed by atoms with van der Waals surface area (Å²) in [4.78, 5) is 0. The van der Waals surface area contributed by atoms with Crippen molar-refractivity contribution < 1.29 is 4.52 Å². The van der Waals surface area contributed by atoms with Crippen molar-refractivity contribution >= 4 is 0 Å². The highest BCUT2D eigenvalue weighted by molar-refractivity contribution is 5.24. The van der Waals surface area contributed by atoms with Crippen LogP contribution in [0.15, 0.2) is 4.52 Å². The van der Waals surface area contributed by atoms with E-state index in [0.29, 0.717) is 0 Å². The first-order valence-electron chi connectivity index (χ1n) is 4.76. The van der Waals surface area contributed by atoms with Gasteiger partial charge in [-0.1, -0.05) is 5.16 Å². The second-order valence-electron chi connectivity index (χ2n) is 3.37. The predicted octanol–water partition coefficient (Wildman–Crippen LogP) is 1.97. The third-order valence-corrected chi connectivity index (χ3v) is 2.24. The van der Waals surface area contributed by atoms with Crippen LogP contribution in [0.4, 0.5) is 0 Å². The van der Waals surface area contributed by atoms with Gasteiger partial charge in [-0.25, -0.2) is 0 Å². The van der Waals surface area contributed by atoms with Crippen LogP contribution in [0.5, 0.6) is 0 Å². The van der Waals surface area contributed by atoms with Crippen molar-refractivity contribution in [3.63, 3.8) is 0 Å². The van der Waals surface area contributed by atoms with Gasteiger partial charge >= 0.3 is 0 Å². The molecule has 0 aliphatic rings. The fourth-order valence-electron chi connectivity index (χ4n) is 1.57. The van der Waals surface area contributed by atoms with Gasteiger partial charge in [-0.3, -0.25) is 0 Å². The number of hydrogen-bond acceptors (Lipinski definition) is 3. The molecule has 0 fully saturated rings. The molecule has 0 radical (unpaired) electrons. The van der Waals surface area contributed by atoms with Crippen molar-refractivity contribution in [2.24, 2.45) is 0 Å². The molecule has 0 aromatic carbocycles. The molecule has 0 spiro atoms. The van der Waals surface area contributed by atoms with Crippen LogP contribution in [0, 0.1) is 26.2 Å². The number of nitrogens with zero attached hydrogens (tertiary/aromatic N) is 1. The maximum Gasteiger partial charge on any atom is 0.138 e. The molecule has 76 valence electrons. The minimum absolute atomic E-state index is 0.245.